The van der Waals surface area contributed by atoms with Crippen LogP contribution in [0.4, 0.5) is 0 Å². The highest BCUT2D eigenvalue weighted by Crippen LogP contribution is 2.31. The predicted octanol–water partition coefficient (Wildman–Crippen LogP) is 2.83. The zero-order valence-corrected chi connectivity index (χ0v) is 12.9. The number of halogens is 2. The van der Waals surface area contributed by atoms with Crippen molar-refractivity contribution >= 4 is 29.1 Å². The van der Waals surface area contributed by atoms with Crippen LogP contribution in [0.5, 0.6) is 5.75 Å². The van der Waals surface area contributed by atoms with Gasteiger partial charge in [-0.3, -0.25) is 4.79 Å². The predicted molar refractivity (Wildman–Crippen MR) is 81.0 cm³/mol. The molecular formula is C14H18Cl2N2O2. The molecule has 1 fully saturated rings. The van der Waals surface area contributed by atoms with Crippen LogP contribution in [0, 0.1) is 0 Å². The van der Waals surface area contributed by atoms with Gasteiger partial charge in [0.15, 0.2) is 0 Å². The third kappa shape index (κ3) is 3.57. The summed E-state index contributed by atoms with van der Waals surface area (Å²) >= 11 is 12.0. The van der Waals surface area contributed by atoms with E-state index in [1.54, 1.807) is 17.0 Å². The van der Waals surface area contributed by atoms with Gasteiger partial charge < -0.3 is 15.0 Å². The lowest BCUT2D eigenvalue weighted by Crippen LogP contribution is -2.46. The van der Waals surface area contributed by atoms with Crippen molar-refractivity contribution in [2.75, 3.05) is 32.8 Å². The fraction of sp³-hybridized carbons (Fsp3) is 0.500. The minimum absolute atomic E-state index is 0.0591. The van der Waals surface area contributed by atoms with E-state index in [1.165, 1.54) is 0 Å². The minimum Gasteiger partial charge on any atom is -0.493 e. The quantitative estimate of drug-likeness (QED) is 0.928. The summed E-state index contributed by atoms with van der Waals surface area (Å²) in [7, 11) is 0. The fourth-order valence-corrected chi connectivity index (χ4v) is 2.38. The summed E-state index contributed by atoms with van der Waals surface area (Å²) in [6, 6.07) is 3.22. The van der Waals surface area contributed by atoms with E-state index < -0.39 is 0 Å². The van der Waals surface area contributed by atoms with Gasteiger partial charge in [0.25, 0.3) is 5.91 Å². The Labute approximate surface area is 129 Å². The maximum Gasteiger partial charge on any atom is 0.257 e. The Morgan fingerprint density at radius 2 is 1.95 bits per heavy atom. The smallest absolute Gasteiger partial charge is 0.257 e. The summed E-state index contributed by atoms with van der Waals surface area (Å²) in [5, 5.41) is 3.99. The van der Waals surface area contributed by atoms with Gasteiger partial charge in [-0.1, -0.05) is 30.1 Å². The first kappa shape index (κ1) is 15.4. The number of carbonyl (C=O) groups is 1. The minimum atomic E-state index is -0.0591. The van der Waals surface area contributed by atoms with Crippen LogP contribution in [0.25, 0.3) is 0 Å². The maximum absolute atomic E-state index is 12.6. The zero-order chi connectivity index (χ0) is 14.5. The molecule has 1 aromatic rings. The van der Waals surface area contributed by atoms with Crippen LogP contribution in [0.2, 0.25) is 10.0 Å². The second kappa shape index (κ2) is 7.16. The Balaban J connectivity index is 2.27. The van der Waals surface area contributed by atoms with E-state index >= 15 is 0 Å². The molecule has 1 saturated heterocycles. The molecule has 1 N–H and O–H groups in total. The first-order valence-electron chi connectivity index (χ1n) is 6.75. The number of hydrogen-bond acceptors (Lipinski definition) is 3. The number of nitrogens with zero attached hydrogens (tertiary/aromatic N) is 1. The van der Waals surface area contributed by atoms with Crippen LogP contribution in [0.15, 0.2) is 12.1 Å². The van der Waals surface area contributed by atoms with Crippen LogP contribution >= 0.6 is 23.2 Å². The first-order chi connectivity index (χ1) is 9.63. The number of amides is 1. The Hall–Kier alpha value is -0.970. The fourth-order valence-electron chi connectivity index (χ4n) is 2.07. The summed E-state index contributed by atoms with van der Waals surface area (Å²) in [5.41, 5.74) is 0.481. The van der Waals surface area contributed by atoms with Gasteiger partial charge in [-0.15, -0.1) is 0 Å². The Morgan fingerprint density at radius 1 is 1.30 bits per heavy atom. The van der Waals surface area contributed by atoms with E-state index in [-0.39, 0.29) is 5.91 Å². The highest BCUT2D eigenvalue weighted by Gasteiger charge is 2.22. The first-order valence-corrected chi connectivity index (χ1v) is 7.51. The molecule has 0 spiro atoms. The van der Waals surface area contributed by atoms with Gasteiger partial charge in [0.05, 0.1) is 22.2 Å². The third-order valence-corrected chi connectivity index (χ3v) is 3.84. The topological polar surface area (TPSA) is 41.6 Å². The molecule has 1 heterocycles. The maximum atomic E-state index is 12.6. The molecule has 0 unspecified atom stereocenters. The van der Waals surface area contributed by atoms with E-state index in [9.17, 15) is 4.79 Å². The van der Waals surface area contributed by atoms with Crippen LogP contribution < -0.4 is 10.1 Å². The third-order valence-electron chi connectivity index (χ3n) is 3.12. The Morgan fingerprint density at radius 3 is 2.60 bits per heavy atom. The lowest BCUT2D eigenvalue weighted by molar-refractivity contribution is 0.0731. The number of piperazine rings is 1. The Kier molecular flexibility index (Phi) is 5.52. The molecule has 1 amide bonds. The van der Waals surface area contributed by atoms with Crippen LogP contribution in [0.1, 0.15) is 23.7 Å². The lowest BCUT2D eigenvalue weighted by atomic mass is 10.1. The van der Waals surface area contributed by atoms with Crippen molar-refractivity contribution in [3.8, 4) is 5.75 Å². The van der Waals surface area contributed by atoms with E-state index in [4.69, 9.17) is 27.9 Å². The molecule has 2 rings (SSSR count). The molecule has 0 radical (unpaired) electrons. The number of rotatable bonds is 4. The van der Waals surface area contributed by atoms with E-state index in [2.05, 4.69) is 5.32 Å². The molecular weight excluding hydrogens is 299 g/mol. The molecule has 1 aliphatic rings. The molecule has 0 saturated carbocycles. The molecule has 0 bridgehead atoms. The largest absolute Gasteiger partial charge is 0.493 e. The lowest BCUT2D eigenvalue weighted by Gasteiger charge is -2.28. The summed E-state index contributed by atoms with van der Waals surface area (Å²) < 4.78 is 5.63. The van der Waals surface area contributed by atoms with Crippen molar-refractivity contribution in [3.63, 3.8) is 0 Å². The number of hydrogen-bond donors (Lipinski definition) is 1. The van der Waals surface area contributed by atoms with Gasteiger partial charge in [0, 0.05) is 32.2 Å². The molecule has 1 aromatic carbocycles. The SMILES string of the molecule is CCCOc1cc(Cl)c(Cl)cc1C(=O)N1CCNCC1. The second-order valence-electron chi connectivity index (χ2n) is 4.65. The van der Waals surface area contributed by atoms with Gasteiger partial charge in [0.2, 0.25) is 0 Å². The molecule has 6 heteroatoms. The van der Waals surface area contributed by atoms with Crippen molar-refractivity contribution in [3.05, 3.63) is 27.7 Å². The number of nitrogens with one attached hydrogen (secondary N) is 1. The van der Waals surface area contributed by atoms with Gasteiger partial charge in [-0.25, -0.2) is 0 Å². The van der Waals surface area contributed by atoms with Crippen molar-refractivity contribution in [1.82, 2.24) is 10.2 Å². The molecule has 20 heavy (non-hydrogen) atoms. The van der Waals surface area contributed by atoms with Crippen molar-refractivity contribution < 1.29 is 9.53 Å². The molecule has 1 aliphatic heterocycles. The molecule has 4 nitrogen and oxygen atoms in total. The molecule has 110 valence electrons. The van der Waals surface area contributed by atoms with Crippen LogP contribution in [-0.2, 0) is 0 Å². The number of carbonyl (C=O) groups excluding carboxylic acids is 1. The van der Waals surface area contributed by atoms with Gasteiger partial charge in [-0.2, -0.15) is 0 Å². The highest BCUT2D eigenvalue weighted by molar-refractivity contribution is 6.42. The molecule has 0 aromatic heterocycles. The Bertz CT molecular complexity index is 488. The van der Waals surface area contributed by atoms with Gasteiger partial charge in [0.1, 0.15) is 5.75 Å². The average Bonchev–Trinajstić information content (AvgIpc) is 2.48. The number of benzene rings is 1. The standard InChI is InChI=1S/C14H18Cl2N2O2/c1-2-7-20-13-9-12(16)11(15)8-10(13)14(19)18-5-3-17-4-6-18/h8-9,17H,2-7H2,1H3. The normalized spacial score (nSPS) is 15.2. The average molecular weight is 317 g/mol. The number of ether oxygens (including phenoxy) is 1. The summed E-state index contributed by atoms with van der Waals surface area (Å²) in [6.07, 6.45) is 0.863. The van der Waals surface area contributed by atoms with Crippen molar-refractivity contribution in [1.29, 1.82) is 0 Å². The monoisotopic (exact) mass is 316 g/mol. The molecule has 0 aliphatic carbocycles. The van der Waals surface area contributed by atoms with Crippen LogP contribution in [0.3, 0.4) is 0 Å². The van der Waals surface area contributed by atoms with E-state index in [0.717, 1.165) is 19.5 Å². The van der Waals surface area contributed by atoms with Gasteiger partial charge in [-0.05, 0) is 12.5 Å². The van der Waals surface area contributed by atoms with Crippen LogP contribution in [-0.4, -0.2) is 43.6 Å². The summed E-state index contributed by atoms with van der Waals surface area (Å²) in [6.45, 7) is 5.53. The van der Waals surface area contributed by atoms with Crippen molar-refractivity contribution in [2.24, 2.45) is 0 Å². The van der Waals surface area contributed by atoms with E-state index in [0.29, 0.717) is 41.1 Å². The van der Waals surface area contributed by atoms with Crippen molar-refractivity contribution in [2.45, 2.75) is 13.3 Å². The second-order valence-corrected chi connectivity index (χ2v) is 5.47. The van der Waals surface area contributed by atoms with E-state index in [1.807, 2.05) is 6.92 Å². The summed E-state index contributed by atoms with van der Waals surface area (Å²) in [5.74, 6) is 0.445. The highest BCUT2D eigenvalue weighted by atomic mass is 35.5. The summed E-state index contributed by atoms with van der Waals surface area (Å²) in [4.78, 5) is 14.4. The van der Waals surface area contributed by atoms with Gasteiger partial charge >= 0.3 is 0 Å². The zero-order valence-electron chi connectivity index (χ0n) is 11.4. The molecule has 0 atom stereocenters.